The molecule has 0 unspecified atom stereocenters. The number of hydrogen-bond donors (Lipinski definition) is 0. The molecule has 104 valence electrons. The molecule has 0 saturated carbocycles. The highest BCUT2D eigenvalue weighted by Crippen LogP contribution is 2.34. The Bertz CT molecular complexity index is 603. The number of benzene rings is 2. The van der Waals surface area contributed by atoms with Crippen LogP contribution in [0.5, 0.6) is 5.75 Å². The van der Waals surface area contributed by atoms with Crippen LogP contribution in [0, 0.1) is 6.92 Å². The minimum absolute atomic E-state index is 0.247. The van der Waals surface area contributed by atoms with Crippen molar-refractivity contribution in [3.63, 3.8) is 0 Å². The monoisotopic (exact) mass is 380 g/mol. The molecule has 0 aliphatic rings. The molecule has 0 aromatic heterocycles. The van der Waals surface area contributed by atoms with Gasteiger partial charge in [0.15, 0.2) is 6.79 Å². The first-order valence-electron chi connectivity index (χ1n) is 6.29. The van der Waals surface area contributed by atoms with Crippen molar-refractivity contribution in [1.29, 1.82) is 0 Å². The Hall–Kier alpha value is -1.33. The second-order valence-electron chi connectivity index (χ2n) is 4.53. The maximum atomic E-state index is 5.49. The third kappa shape index (κ3) is 3.61. The van der Waals surface area contributed by atoms with E-state index in [1.165, 1.54) is 11.1 Å². The van der Waals surface area contributed by atoms with Crippen LogP contribution >= 0.6 is 22.6 Å². The van der Waals surface area contributed by atoms with Crippen molar-refractivity contribution in [3.05, 3.63) is 60.2 Å². The van der Waals surface area contributed by atoms with Crippen LogP contribution in [0.4, 0.5) is 0 Å². The molecule has 2 aromatic rings. The molecule has 3 heteroatoms. The van der Waals surface area contributed by atoms with Gasteiger partial charge in [-0.2, -0.15) is 0 Å². The zero-order valence-corrected chi connectivity index (χ0v) is 13.8. The lowest BCUT2D eigenvalue weighted by Gasteiger charge is -2.12. The van der Waals surface area contributed by atoms with Crippen molar-refractivity contribution >= 4 is 26.2 Å². The zero-order chi connectivity index (χ0) is 14.5. The van der Waals surface area contributed by atoms with Gasteiger partial charge in [-0.05, 0) is 58.3 Å². The number of ether oxygens (including phenoxy) is 2. The summed E-state index contributed by atoms with van der Waals surface area (Å²) in [7, 11) is 1.61. The van der Waals surface area contributed by atoms with Gasteiger partial charge in [0, 0.05) is 10.7 Å². The highest BCUT2D eigenvalue weighted by Gasteiger charge is 2.08. The lowest BCUT2D eigenvalue weighted by molar-refractivity contribution is 0.0511. The summed E-state index contributed by atoms with van der Waals surface area (Å²) in [5, 5.41) is 0. The van der Waals surface area contributed by atoms with Crippen LogP contribution < -0.4 is 4.74 Å². The molecule has 2 rings (SSSR count). The molecule has 2 aromatic carbocycles. The Morgan fingerprint density at radius 3 is 2.45 bits per heavy atom. The Labute approximate surface area is 133 Å². The summed E-state index contributed by atoms with van der Waals surface area (Å²) in [4.78, 5) is 0. The Kier molecular flexibility index (Phi) is 5.20. The first-order chi connectivity index (χ1) is 9.61. The van der Waals surface area contributed by atoms with Crippen LogP contribution in [-0.2, 0) is 4.74 Å². The van der Waals surface area contributed by atoms with E-state index < -0.39 is 0 Å². The Balaban J connectivity index is 2.42. The first-order valence-corrected chi connectivity index (χ1v) is 7.37. The lowest BCUT2D eigenvalue weighted by atomic mass is 9.98. The molecule has 0 aliphatic carbocycles. The van der Waals surface area contributed by atoms with E-state index >= 15 is 0 Å². The average Bonchev–Trinajstić information content (AvgIpc) is 2.45. The minimum atomic E-state index is 0.247. The first kappa shape index (κ1) is 15.1. The van der Waals surface area contributed by atoms with Crippen LogP contribution in [0.25, 0.3) is 14.7 Å². The fourth-order valence-corrected chi connectivity index (χ4v) is 2.40. The maximum Gasteiger partial charge on any atom is 0.188 e. The molecule has 0 saturated heterocycles. The lowest BCUT2D eigenvalue weighted by Crippen LogP contribution is -1.99. The average molecular weight is 380 g/mol. The van der Waals surface area contributed by atoms with Gasteiger partial charge in [-0.3, -0.25) is 0 Å². The van der Waals surface area contributed by atoms with E-state index in [1.54, 1.807) is 7.11 Å². The van der Waals surface area contributed by atoms with Gasteiger partial charge in [-0.1, -0.05) is 42.5 Å². The number of rotatable bonds is 5. The number of methoxy groups -OCH3 is 1. The smallest absolute Gasteiger partial charge is 0.188 e. The third-order valence-electron chi connectivity index (χ3n) is 2.99. The number of hydrogen-bond acceptors (Lipinski definition) is 2. The second-order valence-corrected chi connectivity index (χ2v) is 5.83. The van der Waals surface area contributed by atoms with E-state index in [0.29, 0.717) is 0 Å². The van der Waals surface area contributed by atoms with Crippen molar-refractivity contribution in [2.75, 3.05) is 13.9 Å². The number of halogens is 1. The molecule has 0 fully saturated rings. The summed E-state index contributed by atoms with van der Waals surface area (Å²) >= 11 is 2.24. The van der Waals surface area contributed by atoms with Crippen LogP contribution in [0.15, 0.2) is 49.0 Å². The Morgan fingerprint density at radius 1 is 1.15 bits per heavy atom. The highest BCUT2D eigenvalue weighted by molar-refractivity contribution is 14.1. The van der Waals surface area contributed by atoms with Gasteiger partial charge in [0.1, 0.15) is 5.75 Å². The van der Waals surface area contributed by atoms with E-state index in [2.05, 4.69) is 66.4 Å². The van der Waals surface area contributed by atoms with E-state index in [0.717, 1.165) is 20.5 Å². The van der Waals surface area contributed by atoms with Crippen molar-refractivity contribution in [1.82, 2.24) is 0 Å². The summed E-state index contributed by atoms with van der Waals surface area (Å²) in [6.45, 7) is 6.38. The molecule has 0 radical (unpaired) electrons. The summed E-state index contributed by atoms with van der Waals surface area (Å²) in [6, 6.07) is 14.5. The van der Waals surface area contributed by atoms with Crippen molar-refractivity contribution in [3.8, 4) is 16.9 Å². The summed E-state index contributed by atoms with van der Waals surface area (Å²) in [6.07, 6.45) is 0. The quantitative estimate of drug-likeness (QED) is 0.534. The van der Waals surface area contributed by atoms with Crippen molar-refractivity contribution in [2.45, 2.75) is 6.92 Å². The highest BCUT2D eigenvalue weighted by atomic mass is 127. The number of aryl methyl sites for hydroxylation is 1. The van der Waals surface area contributed by atoms with Gasteiger partial charge in [-0.25, -0.2) is 0 Å². The molecule has 2 nitrogen and oxygen atoms in total. The van der Waals surface area contributed by atoms with Crippen LogP contribution in [0.3, 0.4) is 0 Å². The molecule has 0 atom stereocenters. The third-order valence-corrected chi connectivity index (χ3v) is 3.57. The Morgan fingerprint density at radius 2 is 1.85 bits per heavy atom. The van der Waals surface area contributed by atoms with E-state index in [1.807, 2.05) is 12.1 Å². The molecule has 0 bridgehead atoms. The topological polar surface area (TPSA) is 18.5 Å². The molecule has 0 spiro atoms. The molecular formula is C17H17IO2. The van der Waals surface area contributed by atoms with Crippen molar-refractivity contribution in [2.24, 2.45) is 0 Å². The SMILES string of the molecule is C=C(I)c1cc(OCOC)ccc1-c1ccc(C)cc1. The van der Waals surface area contributed by atoms with Gasteiger partial charge in [0.2, 0.25) is 0 Å². The van der Waals surface area contributed by atoms with Crippen molar-refractivity contribution < 1.29 is 9.47 Å². The van der Waals surface area contributed by atoms with E-state index in [4.69, 9.17) is 9.47 Å². The predicted octanol–water partition coefficient (Wildman–Crippen LogP) is 5.05. The van der Waals surface area contributed by atoms with Gasteiger partial charge < -0.3 is 9.47 Å². The fourth-order valence-electron chi connectivity index (χ4n) is 1.95. The summed E-state index contributed by atoms with van der Waals surface area (Å²) in [5.74, 6) is 0.788. The minimum Gasteiger partial charge on any atom is -0.468 e. The van der Waals surface area contributed by atoms with E-state index in [-0.39, 0.29) is 6.79 Å². The molecule has 0 aliphatic heterocycles. The summed E-state index contributed by atoms with van der Waals surface area (Å²) in [5.41, 5.74) is 4.68. The van der Waals surface area contributed by atoms with Crippen LogP contribution in [0.2, 0.25) is 0 Å². The van der Waals surface area contributed by atoms with E-state index in [9.17, 15) is 0 Å². The molecule has 0 amide bonds. The molecule has 20 heavy (non-hydrogen) atoms. The standard InChI is InChI=1S/C17H17IO2/c1-12-4-6-14(7-5-12)16-9-8-15(20-11-19-3)10-17(16)13(2)18/h4-10H,2,11H2,1,3H3. The molecule has 0 heterocycles. The van der Waals surface area contributed by atoms with Crippen LogP contribution in [-0.4, -0.2) is 13.9 Å². The zero-order valence-electron chi connectivity index (χ0n) is 11.7. The fraction of sp³-hybridized carbons (Fsp3) is 0.176. The van der Waals surface area contributed by atoms with Gasteiger partial charge in [0.05, 0.1) is 0 Å². The largest absolute Gasteiger partial charge is 0.468 e. The van der Waals surface area contributed by atoms with Gasteiger partial charge in [0.25, 0.3) is 0 Å². The maximum absolute atomic E-state index is 5.49. The van der Waals surface area contributed by atoms with Gasteiger partial charge >= 0.3 is 0 Å². The van der Waals surface area contributed by atoms with Gasteiger partial charge in [-0.15, -0.1) is 0 Å². The predicted molar refractivity (Wildman–Crippen MR) is 92.2 cm³/mol. The van der Waals surface area contributed by atoms with Crippen LogP contribution in [0.1, 0.15) is 11.1 Å². The normalized spacial score (nSPS) is 10.3. The molecule has 0 N–H and O–H groups in total. The second kappa shape index (κ2) is 6.90. The molecular weight excluding hydrogens is 363 g/mol. The summed E-state index contributed by atoms with van der Waals surface area (Å²) < 4.78 is 11.4.